The van der Waals surface area contributed by atoms with E-state index in [2.05, 4.69) is 5.32 Å². The number of hydrogen-bond donors (Lipinski definition) is 4. The summed E-state index contributed by atoms with van der Waals surface area (Å²) in [5.41, 5.74) is 0.505. The molecular formula is C19H25N3O9. The summed E-state index contributed by atoms with van der Waals surface area (Å²) in [6.07, 6.45) is -1.08. The van der Waals surface area contributed by atoms with Crippen molar-refractivity contribution in [2.24, 2.45) is 0 Å². The number of carboxylic acid groups (broad SMARTS) is 3. The molecule has 0 saturated carbocycles. The van der Waals surface area contributed by atoms with Crippen molar-refractivity contribution in [2.45, 2.75) is 13.2 Å². The molecule has 0 radical (unpaired) electrons. The van der Waals surface area contributed by atoms with Gasteiger partial charge in [0.05, 0.1) is 26.2 Å². The lowest BCUT2D eigenvalue weighted by molar-refractivity contribution is -0.155. The predicted octanol–water partition coefficient (Wildman–Crippen LogP) is -0.778. The fourth-order valence-electron chi connectivity index (χ4n) is 2.63. The first-order valence-corrected chi connectivity index (χ1v) is 9.18. The first kappa shape index (κ1) is 25.5. The Morgan fingerprint density at radius 3 is 1.71 bits per heavy atom. The Bertz CT molecular complexity index is 769. The van der Waals surface area contributed by atoms with Gasteiger partial charge in [-0.15, -0.1) is 0 Å². The second-order valence-electron chi connectivity index (χ2n) is 6.58. The molecule has 1 unspecified atom stereocenters. The van der Waals surface area contributed by atoms with Crippen LogP contribution in [-0.2, 0) is 28.7 Å². The zero-order chi connectivity index (χ0) is 23.4. The third-order valence-electron chi connectivity index (χ3n) is 3.85. The van der Waals surface area contributed by atoms with Gasteiger partial charge in [-0.05, 0) is 0 Å². The monoisotopic (exact) mass is 439 g/mol. The number of nitrogens with one attached hydrogen (secondary N) is 1. The predicted molar refractivity (Wildman–Crippen MR) is 105 cm³/mol. The highest BCUT2D eigenvalue weighted by Crippen LogP contribution is 2.14. The number of ether oxygens (including phenoxy) is 1. The van der Waals surface area contributed by atoms with E-state index in [9.17, 15) is 24.0 Å². The van der Waals surface area contributed by atoms with Gasteiger partial charge in [0.2, 0.25) is 12.1 Å². The van der Waals surface area contributed by atoms with Crippen LogP contribution in [0, 0.1) is 0 Å². The third kappa shape index (κ3) is 11.3. The number of esters is 1. The van der Waals surface area contributed by atoms with E-state index in [0.717, 1.165) is 4.90 Å². The highest BCUT2D eigenvalue weighted by Gasteiger charge is 2.22. The molecule has 170 valence electrons. The summed E-state index contributed by atoms with van der Waals surface area (Å²) in [5.74, 6) is -5.00. The van der Waals surface area contributed by atoms with Gasteiger partial charge in [-0.3, -0.25) is 33.8 Å². The topological polar surface area (TPSA) is 174 Å². The molecule has 0 aliphatic heterocycles. The van der Waals surface area contributed by atoms with Crippen molar-refractivity contribution in [1.29, 1.82) is 0 Å². The highest BCUT2D eigenvalue weighted by molar-refractivity contribution is 5.76. The number of nitrogens with zero attached hydrogens (tertiary/aromatic N) is 2. The average Bonchev–Trinajstić information content (AvgIpc) is 2.64. The van der Waals surface area contributed by atoms with Crippen molar-refractivity contribution in [2.75, 3.05) is 39.3 Å². The van der Waals surface area contributed by atoms with Crippen LogP contribution < -0.4 is 5.32 Å². The van der Waals surface area contributed by atoms with Crippen LogP contribution in [-0.4, -0.2) is 94.2 Å². The second-order valence-corrected chi connectivity index (χ2v) is 6.58. The van der Waals surface area contributed by atoms with Gasteiger partial charge < -0.3 is 25.4 Å². The van der Waals surface area contributed by atoms with Gasteiger partial charge in [0.15, 0.2) is 0 Å². The van der Waals surface area contributed by atoms with Gasteiger partial charge in [0.1, 0.15) is 0 Å². The summed E-state index contributed by atoms with van der Waals surface area (Å²) in [4.78, 5) is 59.0. The maximum atomic E-state index is 12.4. The molecule has 0 heterocycles. The van der Waals surface area contributed by atoms with E-state index < -0.39 is 62.2 Å². The molecule has 0 aliphatic rings. The molecule has 0 aromatic heterocycles. The van der Waals surface area contributed by atoms with Crippen molar-refractivity contribution in [1.82, 2.24) is 15.1 Å². The van der Waals surface area contributed by atoms with E-state index in [4.69, 9.17) is 20.1 Å². The maximum absolute atomic E-state index is 12.4. The molecule has 0 spiro atoms. The van der Waals surface area contributed by atoms with Crippen LogP contribution in [0.15, 0.2) is 30.3 Å². The lowest BCUT2D eigenvalue weighted by Crippen LogP contribution is -2.44. The van der Waals surface area contributed by atoms with Crippen LogP contribution in [0.25, 0.3) is 0 Å². The number of aliphatic carboxylic acids is 3. The van der Waals surface area contributed by atoms with E-state index in [0.29, 0.717) is 5.56 Å². The summed E-state index contributed by atoms with van der Waals surface area (Å²) in [5, 5.41) is 29.3. The van der Waals surface area contributed by atoms with E-state index >= 15 is 0 Å². The number of carboxylic acids is 3. The molecule has 12 nitrogen and oxygen atoms in total. The molecule has 1 aromatic rings. The Kier molecular flexibility index (Phi) is 10.6. The van der Waals surface area contributed by atoms with Crippen molar-refractivity contribution in [3.05, 3.63) is 35.9 Å². The van der Waals surface area contributed by atoms with Crippen molar-refractivity contribution < 1.29 is 44.0 Å². The van der Waals surface area contributed by atoms with Crippen LogP contribution in [0.1, 0.15) is 18.7 Å². The third-order valence-corrected chi connectivity index (χ3v) is 3.85. The van der Waals surface area contributed by atoms with Crippen LogP contribution in [0.4, 0.5) is 0 Å². The number of carbonyl (C=O) groups excluding carboxylic acids is 2. The summed E-state index contributed by atoms with van der Waals surface area (Å²) in [7, 11) is 0. The molecule has 31 heavy (non-hydrogen) atoms. The molecule has 1 atom stereocenters. The van der Waals surface area contributed by atoms with Crippen LogP contribution >= 0.6 is 0 Å². The minimum absolute atomic E-state index is 0.0991. The normalized spacial score (nSPS) is 11.7. The Morgan fingerprint density at radius 1 is 0.839 bits per heavy atom. The largest absolute Gasteiger partial charge is 0.480 e. The number of benzene rings is 1. The second kappa shape index (κ2) is 12.9. The number of hydrogen-bond acceptors (Lipinski definition) is 8. The van der Waals surface area contributed by atoms with Crippen LogP contribution in [0.5, 0.6) is 0 Å². The van der Waals surface area contributed by atoms with Crippen molar-refractivity contribution in [3.8, 4) is 0 Å². The van der Waals surface area contributed by atoms with Gasteiger partial charge in [0.25, 0.3) is 0 Å². The molecule has 0 aliphatic carbocycles. The summed E-state index contributed by atoms with van der Waals surface area (Å²) in [6.45, 7) is -1.10. The minimum Gasteiger partial charge on any atom is -0.480 e. The number of carbonyl (C=O) groups is 5. The van der Waals surface area contributed by atoms with E-state index in [1.54, 1.807) is 30.3 Å². The standard InChI is InChI=1S/C19H25N3O9/c1-13(23)20-19(14-5-3-2-4-6-14)31-18(30)12-22(11-17(28)29)8-7-21(9-15(24)25)10-16(26)27/h2-6,19H,7-12H2,1H3,(H,20,23)(H,24,25)(H,26,27)(H,28,29). The molecule has 0 saturated heterocycles. The van der Waals surface area contributed by atoms with E-state index in [1.807, 2.05) is 0 Å². The van der Waals surface area contributed by atoms with E-state index in [1.165, 1.54) is 11.8 Å². The van der Waals surface area contributed by atoms with Crippen LogP contribution in [0.2, 0.25) is 0 Å². The smallest absolute Gasteiger partial charge is 0.322 e. The minimum atomic E-state index is -1.24. The van der Waals surface area contributed by atoms with Gasteiger partial charge >= 0.3 is 23.9 Å². The van der Waals surface area contributed by atoms with Gasteiger partial charge in [0, 0.05) is 25.6 Å². The fourth-order valence-corrected chi connectivity index (χ4v) is 2.63. The fraction of sp³-hybridized carbons (Fsp3) is 0.421. The molecule has 4 N–H and O–H groups in total. The van der Waals surface area contributed by atoms with Gasteiger partial charge in [-0.2, -0.15) is 0 Å². The van der Waals surface area contributed by atoms with Gasteiger partial charge in [-0.25, -0.2) is 0 Å². The lowest BCUT2D eigenvalue weighted by Gasteiger charge is -2.25. The molecule has 0 fully saturated rings. The SMILES string of the molecule is CC(=O)NC(OC(=O)CN(CCN(CC(=O)O)CC(=O)O)CC(=O)O)c1ccccc1. The highest BCUT2D eigenvalue weighted by atomic mass is 16.6. The van der Waals surface area contributed by atoms with Crippen molar-refractivity contribution >= 4 is 29.8 Å². The molecule has 0 bridgehead atoms. The summed E-state index contributed by atoms with van der Waals surface area (Å²) in [6, 6.07) is 8.39. The first-order valence-electron chi connectivity index (χ1n) is 9.18. The molecule has 1 amide bonds. The quantitative estimate of drug-likeness (QED) is 0.211. The summed E-state index contributed by atoms with van der Waals surface area (Å²) < 4.78 is 5.29. The molecule has 1 aromatic carbocycles. The maximum Gasteiger partial charge on any atom is 0.322 e. The first-order chi connectivity index (χ1) is 14.6. The Morgan fingerprint density at radius 2 is 1.29 bits per heavy atom. The zero-order valence-corrected chi connectivity index (χ0v) is 16.9. The molecule has 1 rings (SSSR count). The van der Waals surface area contributed by atoms with E-state index in [-0.39, 0.29) is 13.1 Å². The zero-order valence-electron chi connectivity index (χ0n) is 16.9. The Balaban J connectivity index is 2.80. The lowest BCUT2D eigenvalue weighted by atomic mass is 10.2. The number of rotatable bonds is 14. The molecular weight excluding hydrogens is 414 g/mol. The molecule has 12 heteroatoms. The number of amides is 1. The van der Waals surface area contributed by atoms with Crippen molar-refractivity contribution in [3.63, 3.8) is 0 Å². The Hall–Kier alpha value is -3.51. The van der Waals surface area contributed by atoms with Crippen LogP contribution in [0.3, 0.4) is 0 Å². The summed E-state index contributed by atoms with van der Waals surface area (Å²) >= 11 is 0. The van der Waals surface area contributed by atoms with Gasteiger partial charge in [-0.1, -0.05) is 30.3 Å². The average molecular weight is 439 g/mol. The Labute approximate surface area is 178 Å².